The number of hydrogen-bond acceptors (Lipinski definition) is 2. The molecule has 0 radical (unpaired) electrons. The first-order valence-corrected chi connectivity index (χ1v) is 6.78. The molecular weight excluding hydrogens is 305 g/mol. The van der Waals surface area contributed by atoms with Crippen LogP contribution in [-0.2, 0) is 6.18 Å². The molecule has 6 heteroatoms. The fraction of sp³-hybridized carbons (Fsp3) is 0.0588. The molecule has 3 rings (SSSR count). The molecule has 0 spiro atoms. The van der Waals surface area contributed by atoms with Gasteiger partial charge in [-0.1, -0.05) is 48.5 Å². The van der Waals surface area contributed by atoms with Crippen molar-refractivity contribution in [2.24, 2.45) is 0 Å². The number of aromatic amines is 1. The number of nitrogens with zero attached hydrogens (tertiary/aromatic N) is 1. The summed E-state index contributed by atoms with van der Waals surface area (Å²) in [7, 11) is 0. The molecule has 0 atom stereocenters. The average molecular weight is 316 g/mol. The van der Waals surface area contributed by atoms with Crippen molar-refractivity contribution in [1.82, 2.24) is 9.97 Å². The van der Waals surface area contributed by atoms with Crippen molar-refractivity contribution >= 4 is 0 Å². The highest BCUT2D eigenvalue weighted by atomic mass is 19.4. The Morgan fingerprint density at radius 2 is 1.57 bits per heavy atom. The van der Waals surface area contributed by atoms with Gasteiger partial charge < -0.3 is 4.98 Å². The van der Waals surface area contributed by atoms with Crippen molar-refractivity contribution in [2.45, 2.75) is 6.18 Å². The Hall–Kier alpha value is -2.89. The Kier molecular flexibility index (Phi) is 3.73. The summed E-state index contributed by atoms with van der Waals surface area (Å²) < 4.78 is 39.4. The van der Waals surface area contributed by atoms with E-state index in [9.17, 15) is 18.0 Å². The van der Waals surface area contributed by atoms with Gasteiger partial charge in [0.15, 0.2) is 0 Å². The van der Waals surface area contributed by atoms with Crippen molar-refractivity contribution in [1.29, 1.82) is 0 Å². The number of aromatic nitrogens is 2. The van der Waals surface area contributed by atoms with E-state index >= 15 is 0 Å². The molecule has 1 N–H and O–H groups in total. The number of benzene rings is 2. The maximum absolute atomic E-state index is 13.1. The van der Waals surface area contributed by atoms with Gasteiger partial charge in [0.2, 0.25) is 0 Å². The molecule has 0 fully saturated rings. The van der Waals surface area contributed by atoms with E-state index in [0.717, 1.165) is 6.07 Å². The molecule has 0 amide bonds. The van der Waals surface area contributed by atoms with Gasteiger partial charge in [-0.05, 0) is 6.07 Å². The van der Waals surface area contributed by atoms with E-state index in [1.165, 1.54) is 24.3 Å². The molecule has 0 aliphatic rings. The van der Waals surface area contributed by atoms with E-state index in [4.69, 9.17) is 0 Å². The van der Waals surface area contributed by atoms with Crippen LogP contribution in [0.4, 0.5) is 13.2 Å². The standard InChI is InChI=1S/C17H11F3N2O/c18-17(19,20)13-9-5-4-8-12(13)16-21-14(10-15(23)22-16)11-6-2-1-3-7-11/h1-10H,(H,21,22,23). The van der Waals surface area contributed by atoms with Gasteiger partial charge in [-0.2, -0.15) is 13.2 Å². The van der Waals surface area contributed by atoms with Crippen LogP contribution in [0.25, 0.3) is 22.6 Å². The second-order valence-electron chi connectivity index (χ2n) is 4.89. The quantitative estimate of drug-likeness (QED) is 0.773. The van der Waals surface area contributed by atoms with Gasteiger partial charge in [-0.15, -0.1) is 0 Å². The van der Waals surface area contributed by atoms with Gasteiger partial charge in [0.1, 0.15) is 5.82 Å². The summed E-state index contributed by atoms with van der Waals surface area (Å²) >= 11 is 0. The van der Waals surface area contributed by atoms with Gasteiger partial charge in [0, 0.05) is 17.2 Å². The van der Waals surface area contributed by atoms with Crippen molar-refractivity contribution in [3.8, 4) is 22.6 Å². The molecular formula is C17H11F3N2O. The molecule has 23 heavy (non-hydrogen) atoms. The maximum Gasteiger partial charge on any atom is 0.417 e. The fourth-order valence-electron chi connectivity index (χ4n) is 2.28. The first kappa shape index (κ1) is 15.0. The van der Waals surface area contributed by atoms with Gasteiger partial charge in [0.25, 0.3) is 5.56 Å². The minimum Gasteiger partial charge on any atom is -0.306 e. The third kappa shape index (κ3) is 3.15. The van der Waals surface area contributed by atoms with Crippen molar-refractivity contribution in [3.05, 3.63) is 76.6 Å². The predicted octanol–water partition coefficient (Wildman–Crippen LogP) is 4.12. The molecule has 0 bridgehead atoms. The lowest BCUT2D eigenvalue weighted by Crippen LogP contribution is -2.12. The Labute approximate surface area is 129 Å². The van der Waals surface area contributed by atoms with Crippen molar-refractivity contribution in [3.63, 3.8) is 0 Å². The van der Waals surface area contributed by atoms with Crippen LogP contribution in [0.2, 0.25) is 0 Å². The van der Waals surface area contributed by atoms with E-state index in [-0.39, 0.29) is 11.4 Å². The van der Waals surface area contributed by atoms with E-state index in [1.54, 1.807) is 30.3 Å². The summed E-state index contributed by atoms with van der Waals surface area (Å²) in [5.74, 6) is -0.107. The number of halogens is 3. The summed E-state index contributed by atoms with van der Waals surface area (Å²) in [5, 5.41) is 0. The third-order valence-corrected chi connectivity index (χ3v) is 3.30. The zero-order chi connectivity index (χ0) is 16.4. The third-order valence-electron chi connectivity index (χ3n) is 3.30. The number of hydrogen-bond donors (Lipinski definition) is 1. The van der Waals surface area contributed by atoms with Crippen molar-refractivity contribution in [2.75, 3.05) is 0 Å². The monoisotopic (exact) mass is 316 g/mol. The molecule has 0 aliphatic carbocycles. The lowest BCUT2D eigenvalue weighted by Gasteiger charge is -2.12. The van der Waals surface area contributed by atoms with Crippen LogP contribution in [0, 0.1) is 0 Å². The summed E-state index contributed by atoms with van der Waals surface area (Å²) in [5.41, 5.74) is -0.528. The van der Waals surface area contributed by atoms with Gasteiger partial charge in [-0.25, -0.2) is 4.98 Å². The Balaban J connectivity index is 2.20. The molecule has 3 nitrogen and oxygen atoms in total. The zero-order valence-electron chi connectivity index (χ0n) is 11.8. The second kappa shape index (κ2) is 5.72. The van der Waals surface area contributed by atoms with Crippen LogP contribution in [0.15, 0.2) is 65.5 Å². The normalized spacial score (nSPS) is 11.4. The van der Waals surface area contributed by atoms with E-state index < -0.39 is 17.3 Å². The van der Waals surface area contributed by atoms with Crippen LogP contribution >= 0.6 is 0 Å². The topological polar surface area (TPSA) is 45.8 Å². The van der Waals surface area contributed by atoms with Crippen LogP contribution < -0.4 is 5.56 Å². The second-order valence-corrected chi connectivity index (χ2v) is 4.89. The first-order valence-electron chi connectivity index (χ1n) is 6.78. The molecule has 116 valence electrons. The first-order chi connectivity index (χ1) is 10.9. The predicted molar refractivity (Wildman–Crippen MR) is 80.7 cm³/mol. The summed E-state index contributed by atoms with van der Waals surface area (Å²) in [4.78, 5) is 18.4. The van der Waals surface area contributed by atoms with Crippen LogP contribution in [-0.4, -0.2) is 9.97 Å². The Morgan fingerprint density at radius 1 is 0.913 bits per heavy atom. The number of nitrogens with one attached hydrogen (secondary N) is 1. The summed E-state index contributed by atoms with van der Waals surface area (Å²) in [6.07, 6.45) is -4.53. The van der Waals surface area contributed by atoms with Crippen LogP contribution in [0.3, 0.4) is 0 Å². The largest absolute Gasteiger partial charge is 0.417 e. The van der Waals surface area contributed by atoms with Gasteiger partial charge in [-0.3, -0.25) is 4.79 Å². The number of H-pyrrole nitrogens is 1. The lowest BCUT2D eigenvalue weighted by molar-refractivity contribution is -0.137. The highest BCUT2D eigenvalue weighted by Gasteiger charge is 2.34. The lowest BCUT2D eigenvalue weighted by atomic mass is 10.1. The van der Waals surface area contributed by atoms with Gasteiger partial charge in [0.05, 0.1) is 11.3 Å². The SMILES string of the molecule is O=c1cc(-c2ccccc2)nc(-c2ccccc2C(F)(F)F)[nH]1. The Bertz CT molecular complexity index is 886. The highest BCUT2D eigenvalue weighted by molar-refractivity contribution is 5.65. The van der Waals surface area contributed by atoms with Crippen LogP contribution in [0.1, 0.15) is 5.56 Å². The van der Waals surface area contributed by atoms with Crippen LogP contribution in [0.5, 0.6) is 0 Å². The summed E-state index contributed by atoms with van der Waals surface area (Å²) in [6, 6.07) is 15.1. The molecule has 0 aliphatic heterocycles. The van der Waals surface area contributed by atoms with Gasteiger partial charge >= 0.3 is 6.18 Å². The van der Waals surface area contributed by atoms with E-state index in [2.05, 4.69) is 9.97 Å². The zero-order valence-corrected chi connectivity index (χ0v) is 11.8. The highest BCUT2D eigenvalue weighted by Crippen LogP contribution is 2.35. The molecule has 0 saturated carbocycles. The Morgan fingerprint density at radius 3 is 2.26 bits per heavy atom. The minimum absolute atomic E-state index is 0.107. The van der Waals surface area contributed by atoms with Crippen molar-refractivity contribution < 1.29 is 13.2 Å². The maximum atomic E-state index is 13.1. The van der Waals surface area contributed by atoms with E-state index in [1.807, 2.05) is 0 Å². The molecule has 0 saturated heterocycles. The number of alkyl halides is 3. The fourth-order valence-corrected chi connectivity index (χ4v) is 2.28. The number of rotatable bonds is 2. The molecule has 3 aromatic rings. The average Bonchev–Trinajstić information content (AvgIpc) is 2.54. The smallest absolute Gasteiger partial charge is 0.306 e. The van der Waals surface area contributed by atoms with E-state index in [0.29, 0.717) is 11.3 Å². The molecule has 1 aromatic heterocycles. The molecule has 1 heterocycles. The summed E-state index contributed by atoms with van der Waals surface area (Å²) in [6.45, 7) is 0. The molecule has 0 unspecified atom stereocenters. The minimum atomic E-state index is -4.53. The molecule has 2 aromatic carbocycles.